The van der Waals surface area contributed by atoms with Gasteiger partial charge in [-0.05, 0) is 38.8 Å². The highest BCUT2D eigenvalue weighted by Gasteiger charge is 2.15. The highest BCUT2D eigenvalue weighted by atomic mass is 16.1. The van der Waals surface area contributed by atoms with Gasteiger partial charge >= 0.3 is 0 Å². The summed E-state index contributed by atoms with van der Waals surface area (Å²) in [4.78, 5) is 11.4. The molecule has 2 N–H and O–H groups in total. The molecular formula is C11H18N2O. The summed E-state index contributed by atoms with van der Waals surface area (Å²) < 4.78 is 0. The van der Waals surface area contributed by atoms with Gasteiger partial charge in [0.2, 0.25) is 5.91 Å². The standard InChI is InChI=1S/C11H18N2O/c1-2-3-7-13-11(14)8-10-5-4-6-12-9-10/h10,12H,4-9H2,1H3,(H,13,14). The summed E-state index contributed by atoms with van der Waals surface area (Å²) >= 11 is 0. The van der Waals surface area contributed by atoms with E-state index in [4.69, 9.17) is 0 Å². The molecule has 14 heavy (non-hydrogen) atoms. The van der Waals surface area contributed by atoms with E-state index in [-0.39, 0.29) is 5.91 Å². The van der Waals surface area contributed by atoms with Gasteiger partial charge in [-0.2, -0.15) is 0 Å². The Bertz CT molecular complexity index is 233. The first kappa shape index (κ1) is 11.1. The highest BCUT2D eigenvalue weighted by molar-refractivity contribution is 5.76. The van der Waals surface area contributed by atoms with Crippen LogP contribution in [0.3, 0.4) is 0 Å². The second kappa shape index (κ2) is 6.44. The van der Waals surface area contributed by atoms with Gasteiger partial charge in [0, 0.05) is 6.42 Å². The number of carbonyl (C=O) groups excluding carboxylic acids is 1. The lowest BCUT2D eigenvalue weighted by Crippen LogP contribution is -2.34. The summed E-state index contributed by atoms with van der Waals surface area (Å²) in [5, 5.41) is 6.09. The summed E-state index contributed by atoms with van der Waals surface area (Å²) in [6.45, 7) is 4.33. The van der Waals surface area contributed by atoms with Crippen molar-refractivity contribution >= 4 is 5.91 Å². The second-order valence-corrected chi connectivity index (χ2v) is 3.62. The Hall–Kier alpha value is -1.01. The average molecular weight is 194 g/mol. The van der Waals surface area contributed by atoms with Gasteiger partial charge in [-0.3, -0.25) is 4.79 Å². The number of rotatable bonds is 3. The molecule has 0 radical (unpaired) electrons. The molecule has 0 aromatic heterocycles. The number of piperidine rings is 1. The zero-order chi connectivity index (χ0) is 10.2. The SMILES string of the molecule is CC#CCNC(=O)CC1CCCNC1. The zero-order valence-electron chi connectivity index (χ0n) is 8.73. The molecule has 1 aliphatic rings. The number of amides is 1. The van der Waals surface area contributed by atoms with Crippen molar-refractivity contribution in [2.24, 2.45) is 5.92 Å². The van der Waals surface area contributed by atoms with E-state index in [2.05, 4.69) is 22.5 Å². The van der Waals surface area contributed by atoms with E-state index >= 15 is 0 Å². The maximum absolute atomic E-state index is 11.4. The molecule has 1 atom stereocenters. The van der Waals surface area contributed by atoms with Crippen LogP contribution in [0, 0.1) is 17.8 Å². The molecule has 0 saturated carbocycles. The Morgan fingerprint density at radius 2 is 2.50 bits per heavy atom. The third-order valence-electron chi connectivity index (χ3n) is 2.42. The van der Waals surface area contributed by atoms with Crippen LogP contribution in [0.5, 0.6) is 0 Å². The van der Waals surface area contributed by atoms with E-state index in [0.29, 0.717) is 18.9 Å². The number of carbonyl (C=O) groups is 1. The van der Waals surface area contributed by atoms with Crippen LogP contribution in [0.1, 0.15) is 26.2 Å². The highest BCUT2D eigenvalue weighted by Crippen LogP contribution is 2.13. The van der Waals surface area contributed by atoms with E-state index in [1.807, 2.05) is 0 Å². The van der Waals surface area contributed by atoms with Crippen molar-refractivity contribution in [1.29, 1.82) is 0 Å². The summed E-state index contributed by atoms with van der Waals surface area (Å²) in [6, 6.07) is 0. The summed E-state index contributed by atoms with van der Waals surface area (Å²) in [6.07, 6.45) is 2.99. The molecule has 0 aliphatic carbocycles. The molecule has 1 aliphatic heterocycles. The third kappa shape index (κ3) is 4.29. The maximum Gasteiger partial charge on any atom is 0.221 e. The lowest BCUT2D eigenvalue weighted by molar-refractivity contribution is -0.121. The smallest absolute Gasteiger partial charge is 0.221 e. The average Bonchev–Trinajstić information content (AvgIpc) is 2.20. The van der Waals surface area contributed by atoms with E-state index in [1.54, 1.807) is 6.92 Å². The first-order chi connectivity index (χ1) is 6.83. The minimum absolute atomic E-state index is 0.126. The minimum Gasteiger partial charge on any atom is -0.345 e. The van der Waals surface area contributed by atoms with E-state index in [9.17, 15) is 4.79 Å². The Morgan fingerprint density at radius 1 is 1.64 bits per heavy atom. The lowest BCUT2D eigenvalue weighted by atomic mass is 9.96. The van der Waals surface area contributed by atoms with Crippen LogP contribution in [0.2, 0.25) is 0 Å². The maximum atomic E-state index is 11.4. The van der Waals surface area contributed by atoms with E-state index in [1.165, 1.54) is 12.8 Å². The molecular weight excluding hydrogens is 176 g/mol. The van der Waals surface area contributed by atoms with Crippen molar-refractivity contribution in [1.82, 2.24) is 10.6 Å². The van der Waals surface area contributed by atoms with Crippen molar-refractivity contribution in [3.8, 4) is 11.8 Å². The Kier molecular flexibility index (Phi) is 5.09. The van der Waals surface area contributed by atoms with Gasteiger partial charge in [0.15, 0.2) is 0 Å². The van der Waals surface area contributed by atoms with Crippen molar-refractivity contribution in [3.05, 3.63) is 0 Å². The molecule has 1 rings (SSSR count). The Morgan fingerprint density at radius 3 is 3.14 bits per heavy atom. The van der Waals surface area contributed by atoms with Crippen molar-refractivity contribution in [2.75, 3.05) is 19.6 Å². The normalized spacial score (nSPS) is 20.8. The van der Waals surface area contributed by atoms with Crippen LogP contribution < -0.4 is 10.6 Å². The van der Waals surface area contributed by atoms with Crippen LogP contribution in [-0.2, 0) is 4.79 Å². The Labute approximate surface area is 85.6 Å². The molecule has 1 heterocycles. The number of hydrogen-bond acceptors (Lipinski definition) is 2. The first-order valence-corrected chi connectivity index (χ1v) is 5.20. The first-order valence-electron chi connectivity index (χ1n) is 5.20. The quantitative estimate of drug-likeness (QED) is 0.643. The molecule has 0 spiro atoms. The van der Waals surface area contributed by atoms with Gasteiger partial charge in [-0.25, -0.2) is 0 Å². The zero-order valence-corrected chi connectivity index (χ0v) is 8.73. The number of hydrogen-bond donors (Lipinski definition) is 2. The second-order valence-electron chi connectivity index (χ2n) is 3.62. The molecule has 0 aromatic rings. The van der Waals surface area contributed by atoms with Crippen LogP contribution in [-0.4, -0.2) is 25.5 Å². The van der Waals surface area contributed by atoms with Crippen molar-refractivity contribution < 1.29 is 4.79 Å². The molecule has 1 fully saturated rings. The molecule has 0 bridgehead atoms. The van der Waals surface area contributed by atoms with Crippen LogP contribution in [0.25, 0.3) is 0 Å². The van der Waals surface area contributed by atoms with Crippen LogP contribution in [0.15, 0.2) is 0 Å². The topological polar surface area (TPSA) is 41.1 Å². The summed E-state index contributed by atoms with van der Waals surface area (Å²) in [5.41, 5.74) is 0. The fraction of sp³-hybridized carbons (Fsp3) is 0.727. The third-order valence-corrected chi connectivity index (χ3v) is 2.42. The van der Waals surface area contributed by atoms with E-state index in [0.717, 1.165) is 13.1 Å². The fourth-order valence-corrected chi connectivity index (χ4v) is 1.66. The van der Waals surface area contributed by atoms with Gasteiger partial charge in [-0.1, -0.05) is 5.92 Å². The summed E-state index contributed by atoms with van der Waals surface area (Å²) in [7, 11) is 0. The minimum atomic E-state index is 0.126. The predicted molar refractivity (Wildman–Crippen MR) is 56.7 cm³/mol. The number of nitrogens with one attached hydrogen (secondary N) is 2. The molecule has 0 aromatic carbocycles. The Balaban J connectivity index is 2.14. The van der Waals surface area contributed by atoms with Crippen molar-refractivity contribution in [3.63, 3.8) is 0 Å². The van der Waals surface area contributed by atoms with Gasteiger partial charge in [0.05, 0.1) is 6.54 Å². The molecule has 1 amide bonds. The monoisotopic (exact) mass is 194 g/mol. The van der Waals surface area contributed by atoms with Crippen molar-refractivity contribution in [2.45, 2.75) is 26.2 Å². The largest absolute Gasteiger partial charge is 0.345 e. The van der Waals surface area contributed by atoms with Gasteiger partial charge < -0.3 is 10.6 Å². The predicted octanol–water partition coefficient (Wildman–Crippen LogP) is 0.516. The van der Waals surface area contributed by atoms with Crippen LogP contribution in [0.4, 0.5) is 0 Å². The fourth-order valence-electron chi connectivity index (χ4n) is 1.66. The molecule has 3 nitrogen and oxygen atoms in total. The molecule has 3 heteroatoms. The van der Waals surface area contributed by atoms with Gasteiger partial charge in [0.1, 0.15) is 0 Å². The van der Waals surface area contributed by atoms with E-state index < -0.39 is 0 Å². The molecule has 1 unspecified atom stereocenters. The van der Waals surface area contributed by atoms with Crippen LogP contribution >= 0.6 is 0 Å². The molecule has 1 saturated heterocycles. The summed E-state index contributed by atoms with van der Waals surface area (Å²) in [5.74, 6) is 6.21. The molecule has 78 valence electrons. The lowest BCUT2D eigenvalue weighted by Gasteiger charge is -2.21. The van der Waals surface area contributed by atoms with Gasteiger partial charge in [0.25, 0.3) is 0 Å². The van der Waals surface area contributed by atoms with Gasteiger partial charge in [-0.15, -0.1) is 5.92 Å².